The number of aromatic nitrogens is 2. The molecule has 0 fully saturated rings. The standard InChI is InChI=1S/C21H24N4O4S/c1-13-6-11-18(14(2)12-13)15(3)22-19(26)21-24-23-20(29-21)16-7-9-17(10-8-16)30(27,28)25(4)5/h6-12,15H,1-5H3,(H,22,26). The Hall–Kier alpha value is -3.04. The quantitative estimate of drug-likeness (QED) is 0.647. The fourth-order valence-corrected chi connectivity index (χ4v) is 3.96. The van der Waals surface area contributed by atoms with Crippen LogP contribution in [0, 0.1) is 13.8 Å². The summed E-state index contributed by atoms with van der Waals surface area (Å²) in [6.45, 7) is 5.90. The summed E-state index contributed by atoms with van der Waals surface area (Å²) in [6, 6.07) is 11.8. The van der Waals surface area contributed by atoms with E-state index in [1.807, 2.05) is 32.9 Å². The second-order valence-electron chi connectivity index (χ2n) is 7.28. The molecular weight excluding hydrogens is 404 g/mol. The Morgan fingerprint density at radius 1 is 1.07 bits per heavy atom. The fourth-order valence-electron chi connectivity index (χ4n) is 3.06. The maximum absolute atomic E-state index is 12.5. The molecule has 1 aromatic heterocycles. The van der Waals surface area contributed by atoms with Gasteiger partial charge in [-0.25, -0.2) is 12.7 Å². The smallest absolute Gasteiger partial charge is 0.309 e. The number of carbonyl (C=O) groups is 1. The van der Waals surface area contributed by atoms with E-state index < -0.39 is 15.9 Å². The van der Waals surface area contributed by atoms with Crippen molar-refractivity contribution in [3.63, 3.8) is 0 Å². The lowest BCUT2D eigenvalue weighted by atomic mass is 10.0. The zero-order valence-electron chi connectivity index (χ0n) is 17.5. The number of carbonyl (C=O) groups excluding carboxylic acids is 1. The van der Waals surface area contributed by atoms with Crippen molar-refractivity contribution in [2.45, 2.75) is 31.7 Å². The maximum Gasteiger partial charge on any atom is 0.309 e. The highest BCUT2D eigenvalue weighted by atomic mass is 32.2. The van der Waals surface area contributed by atoms with Crippen molar-refractivity contribution in [1.82, 2.24) is 19.8 Å². The van der Waals surface area contributed by atoms with Gasteiger partial charge in [0.05, 0.1) is 10.9 Å². The van der Waals surface area contributed by atoms with Crippen molar-refractivity contribution < 1.29 is 17.6 Å². The molecule has 1 heterocycles. The summed E-state index contributed by atoms with van der Waals surface area (Å²) in [7, 11) is -0.601. The van der Waals surface area contributed by atoms with Crippen molar-refractivity contribution in [3.8, 4) is 11.5 Å². The van der Waals surface area contributed by atoms with Crippen molar-refractivity contribution >= 4 is 15.9 Å². The van der Waals surface area contributed by atoms with E-state index in [0.29, 0.717) is 5.56 Å². The first kappa shape index (κ1) is 21.7. The Morgan fingerprint density at radius 2 is 1.73 bits per heavy atom. The van der Waals surface area contributed by atoms with Gasteiger partial charge in [-0.2, -0.15) is 0 Å². The summed E-state index contributed by atoms with van der Waals surface area (Å²) in [5.41, 5.74) is 3.76. The number of aryl methyl sites for hydroxylation is 2. The first-order chi connectivity index (χ1) is 14.1. The molecule has 0 aliphatic rings. The molecule has 2 aromatic carbocycles. The maximum atomic E-state index is 12.5. The van der Waals surface area contributed by atoms with Crippen LogP contribution in [0.3, 0.4) is 0 Å². The molecule has 1 unspecified atom stereocenters. The van der Waals surface area contributed by atoms with Crippen molar-refractivity contribution in [1.29, 1.82) is 0 Å². The summed E-state index contributed by atoms with van der Waals surface area (Å²) >= 11 is 0. The van der Waals surface area contributed by atoms with Gasteiger partial charge in [-0.05, 0) is 56.2 Å². The molecule has 158 valence electrons. The number of nitrogens with zero attached hydrogens (tertiary/aromatic N) is 3. The van der Waals surface area contributed by atoms with Gasteiger partial charge in [-0.3, -0.25) is 4.79 Å². The SMILES string of the molecule is Cc1ccc(C(C)NC(=O)c2nnc(-c3ccc(S(=O)(=O)N(C)C)cc3)o2)c(C)c1. The number of amides is 1. The van der Waals surface area contributed by atoms with Crippen LogP contribution >= 0.6 is 0 Å². The number of benzene rings is 2. The van der Waals surface area contributed by atoms with E-state index in [2.05, 4.69) is 21.6 Å². The number of nitrogens with one attached hydrogen (secondary N) is 1. The minimum atomic E-state index is -3.53. The largest absolute Gasteiger partial charge is 0.412 e. The van der Waals surface area contributed by atoms with Crippen LogP contribution in [0.25, 0.3) is 11.5 Å². The predicted octanol–water partition coefficient (Wildman–Crippen LogP) is 3.09. The van der Waals surface area contributed by atoms with Gasteiger partial charge in [0, 0.05) is 19.7 Å². The van der Waals surface area contributed by atoms with E-state index in [-0.39, 0.29) is 22.7 Å². The molecule has 0 spiro atoms. The predicted molar refractivity (Wildman–Crippen MR) is 112 cm³/mol. The minimum Gasteiger partial charge on any atom is -0.412 e. The Kier molecular flexibility index (Phi) is 6.04. The van der Waals surface area contributed by atoms with Crippen LogP contribution in [0.5, 0.6) is 0 Å². The monoisotopic (exact) mass is 428 g/mol. The fraction of sp³-hybridized carbons (Fsp3) is 0.286. The molecular formula is C21H24N4O4S. The number of rotatable bonds is 6. The Balaban J connectivity index is 1.75. The third kappa shape index (κ3) is 4.42. The molecule has 0 saturated carbocycles. The van der Waals surface area contributed by atoms with Gasteiger partial charge in [0.25, 0.3) is 0 Å². The first-order valence-corrected chi connectivity index (χ1v) is 10.8. The lowest BCUT2D eigenvalue weighted by Gasteiger charge is -2.16. The highest BCUT2D eigenvalue weighted by Gasteiger charge is 2.21. The van der Waals surface area contributed by atoms with Gasteiger partial charge in [0.1, 0.15) is 0 Å². The molecule has 8 nitrogen and oxygen atoms in total. The van der Waals surface area contributed by atoms with Crippen molar-refractivity contribution in [2.24, 2.45) is 0 Å². The van der Waals surface area contributed by atoms with Crippen molar-refractivity contribution in [3.05, 3.63) is 65.0 Å². The van der Waals surface area contributed by atoms with Gasteiger partial charge in [0.15, 0.2) is 0 Å². The van der Waals surface area contributed by atoms with Crippen LogP contribution in [-0.4, -0.2) is 42.9 Å². The molecule has 3 rings (SSSR count). The molecule has 0 aliphatic heterocycles. The first-order valence-electron chi connectivity index (χ1n) is 9.34. The zero-order valence-corrected chi connectivity index (χ0v) is 18.3. The van der Waals surface area contributed by atoms with E-state index in [0.717, 1.165) is 21.0 Å². The van der Waals surface area contributed by atoms with E-state index in [4.69, 9.17) is 4.42 Å². The van der Waals surface area contributed by atoms with Gasteiger partial charge < -0.3 is 9.73 Å². The summed E-state index contributed by atoms with van der Waals surface area (Å²) in [5.74, 6) is -0.507. The summed E-state index contributed by atoms with van der Waals surface area (Å²) in [5, 5.41) is 10.6. The Morgan fingerprint density at radius 3 is 2.33 bits per heavy atom. The molecule has 3 aromatic rings. The molecule has 1 amide bonds. The topological polar surface area (TPSA) is 105 Å². The van der Waals surface area contributed by atoms with Gasteiger partial charge in [0.2, 0.25) is 15.9 Å². The van der Waals surface area contributed by atoms with E-state index in [1.54, 1.807) is 12.1 Å². The molecule has 1 atom stereocenters. The summed E-state index contributed by atoms with van der Waals surface area (Å²) in [6.07, 6.45) is 0. The van der Waals surface area contributed by atoms with E-state index in [1.165, 1.54) is 26.2 Å². The molecule has 1 N–H and O–H groups in total. The molecule has 0 bridgehead atoms. The van der Waals surface area contributed by atoms with Crippen LogP contribution in [0.1, 0.15) is 40.3 Å². The second-order valence-corrected chi connectivity index (χ2v) is 9.43. The number of hydrogen-bond acceptors (Lipinski definition) is 6. The van der Waals surface area contributed by atoms with Crippen LogP contribution in [0.2, 0.25) is 0 Å². The summed E-state index contributed by atoms with van der Waals surface area (Å²) < 4.78 is 30.9. The molecule has 30 heavy (non-hydrogen) atoms. The average Bonchev–Trinajstić information content (AvgIpc) is 3.18. The van der Waals surface area contributed by atoms with Crippen LogP contribution < -0.4 is 5.32 Å². The van der Waals surface area contributed by atoms with Crippen molar-refractivity contribution in [2.75, 3.05) is 14.1 Å². The van der Waals surface area contributed by atoms with Gasteiger partial charge in [-0.15, -0.1) is 10.2 Å². The van der Waals surface area contributed by atoms with Gasteiger partial charge >= 0.3 is 11.8 Å². The Bertz CT molecular complexity index is 1170. The highest BCUT2D eigenvalue weighted by Crippen LogP contribution is 2.22. The molecule has 0 saturated heterocycles. The normalized spacial score (nSPS) is 12.7. The van der Waals surface area contributed by atoms with E-state index >= 15 is 0 Å². The van der Waals surface area contributed by atoms with Crippen LogP contribution in [0.4, 0.5) is 0 Å². The summed E-state index contributed by atoms with van der Waals surface area (Å²) in [4.78, 5) is 12.7. The van der Waals surface area contributed by atoms with Crippen LogP contribution in [-0.2, 0) is 10.0 Å². The lowest BCUT2D eigenvalue weighted by molar-refractivity contribution is 0.0905. The lowest BCUT2D eigenvalue weighted by Crippen LogP contribution is -2.27. The van der Waals surface area contributed by atoms with Crippen LogP contribution in [0.15, 0.2) is 51.8 Å². The molecule has 0 radical (unpaired) electrons. The minimum absolute atomic E-state index is 0.133. The highest BCUT2D eigenvalue weighted by molar-refractivity contribution is 7.89. The molecule has 0 aliphatic carbocycles. The number of hydrogen-bond donors (Lipinski definition) is 1. The van der Waals surface area contributed by atoms with E-state index in [9.17, 15) is 13.2 Å². The van der Waals surface area contributed by atoms with Gasteiger partial charge in [-0.1, -0.05) is 23.8 Å². The number of sulfonamides is 1. The Labute approximate surface area is 176 Å². The second kappa shape index (κ2) is 8.37. The molecule has 9 heteroatoms. The third-order valence-electron chi connectivity index (χ3n) is 4.74. The third-order valence-corrected chi connectivity index (χ3v) is 6.57. The zero-order chi connectivity index (χ0) is 22.1. The average molecular weight is 429 g/mol.